The minimum absolute atomic E-state index is 0.116. The number of carbonyl (C=O) groups excluding carboxylic acids is 2. The van der Waals surface area contributed by atoms with Crippen molar-refractivity contribution in [1.82, 2.24) is 9.55 Å². The molecule has 0 atom stereocenters. The number of hydrogen-bond acceptors (Lipinski definition) is 7. The molecule has 1 aromatic heterocycles. The first-order valence-corrected chi connectivity index (χ1v) is 8.88. The number of fused-ring (bicyclic) bond motifs is 1. The summed E-state index contributed by atoms with van der Waals surface area (Å²) in [7, 11) is 0. The summed E-state index contributed by atoms with van der Waals surface area (Å²) in [6, 6.07) is 9.95. The van der Waals surface area contributed by atoms with Crippen molar-refractivity contribution in [1.29, 1.82) is 0 Å². The van der Waals surface area contributed by atoms with E-state index in [1.165, 1.54) is 12.1 Å². The lowest BCUT2D eigenvalue weighted by Gasteiger charge is -2.11. The zero-order valence-corrected chi connectivity index (χ0v) is 15.6. The third-order valence-electron chi connectivity index (χ3n) is 4.38. The number of ketones is 1. The number of esters is 1. The number of nitrogen functional groups attached to an aromatic ring is 1. The van der Waals surface area contributed by atoms with Crippen molar-refractivity contribution in [3.05, 3.63) is 68.4 Å². The van der Waals surface area contributed by atoms with Crippen molar-refractivity contribution < 1.29 is 19.4 Å². The number of aromatic nitrogens is 2. The summed E-state index contributed by atoms with van der Waals surface area (Å²) >= 11 is 0. The van der Waals surface area contributed by atoms with Crippen molar-refractivity contribution in [2.45, 2.75) is 19.9 Å². The number of nitrogens with zero attached hydrogens (tertiary/aromatic N) is 1. The van der Waals surface area contributed by atoms with Crippen molar-refractivity contribution >= 4 is 28.3 Å². The van der Waals surface area contributed by atoms with E-state index in [9.17, 15) is 24.3 Å². The number of nitrogens with two attached hydrogens (primary N) is 1. The van der Waals surface area contributed by atoms with Gasteiger partial charge in [-0.15, -0.1) is 0 Å². The topological polar surface area (TPSA) is 144 Å². The van der Waals surface area contributed by atoms with Gasteiger partial charge in [-0.3, -0.25) is 19.1 Å². The summed E-state index contributed by atoms with van der Waals surface area (Å²) < 4.78 is 6.04. The van der Waals surface area contributed by atoms with Gasteiger partial charge in [-0.05, 0) is 29.3 Å². The van der Waals surface area contributed by atoms with E-state index in [0.717, 1.165) is 9.95 Å². The molecule has 0 radical (unpaired) electrons. The third-order valence-corrected chi connectivity index (χ3v) is 4.38. The highest BCUT2D eigenvalue weighted by Gasteiger charge is 2.22. The van der Waals surface area contributed by atoms with Gasteiger partial charge in [-0.2, -0.15) is 0 Å². The van der Waals surface area contributed by atoms with Crippen LogP contribution in [0.3, 0.4) is 0 Å². The average molecular weight is 397 g/mol. The Balaban J connectivity index is 1.84. The molecule has 0 bridgehead atoms. The van der Waals surface area contributed by atoms with Crippen molar-refractivity contribution in [3.8, 4) is 5.75 Å². The molecule has 9 nitrogen and oxygen atoms in total. The molecule has 0 aliphatic heterocycles. The Morgan fingerprint density at radius 3 is 2.48 bits per heavy atom. The minimum Gasteiger partial charge on any atom is -0.507 e. The Bertz CT molecular complexity index is 1230. The van der Waals surface area contributed by atoms with E-state index in [4.69, 9.17) is 10.5 Å². The monoisotopic (exact) mass is 397 g/mol. The predicted octanol–water partition coefficient (Wildman–Crippen LogP) is 1.43. The van der Waals surface area contributed by atoms with Gasteiger partial charge in [0.1, 0.15) is 22.7 Å². The molecule has 0 saturated carbocycles. The predicted molar refractivity (Wildman–Crippen MR) is 106 cm³/mol. The van der Waals surface area contributed by atoms with Crippen LogP contribution in [0.15, 0.2) is 46.0 Å². The summed E-state index contributed by atoms with van der Waals surface area (Å²) in [4.78, 5) is 50.6. The molecule has 0 spiro atoms. The zero-order valence-electron chi connectivity index (χ0n) is 15.6. The molecule has 0 aliphatic carbocycles. The molecule has 3 aromatic rings. The Labute approximate surface area is 164 Å². The van der Waals surface area contributed by atoms with Gasteiger partial charge in [0, 0.05) is 6.54 Å². The lowest BCUT2D eigenvalue weighted by atomic mass is 10.1. The second kappa shape index (κ2) is 8.01. The first-order chi connectivity index (χ1) is 13.8. The van der Waals surface area contributed by atoms with E-state index in [-0.39, 0.29) is 23.7 Å². The molecular weight excluding hydrogens is 378 g/mol. The molecule has 3 rings (SSSR count). The molecule has 2 aromatic carbocycles. The number of phenols is 1. The highest BCUT2D eigenvalue weighted by molar-refractivity contribution is 6.03. The van der Waals surface area contributed by atoms with Crippen molar-refractivity contribution in [2.75, 3.05) is 12.3 Å². The fourth-order valence-electron chi connectivity index (χ4n) is 2.98. The van der Waals surface area contributed by atoms with Crippen LogP contribution in [0.5, 0.6) is 5.75 Å². The number of ether oxygens (including phenoxy) is 1. The van der Waals surface area contributed by atoms with Gasteiger partial charge in [0.2, 0.25) is 5.78 Å². The number of nitrogens with one attached hydrogen (secondary N) is 1. The Kier molecular flexibility index (Phi) is 5.49. The Morgan fingerprint density at radius 1 is 1.17 bits per heavy atom. The number of rotatable bonds is 6. The largest absolute Gasteiger partial charge is 0.507 e. The van der Waals surface area contributed by atoms with Crippen LogP contribution in [0.4, 0.5) is 5.82 Å². The number of anilines is 1. The second-order valence-electron chi connectivity index (χ2n) is 6.39. The standard InChI is InChI=1S/C20H19N3O6/c1-2-7-23-17(21)16(18(26)22-20(23)28)15(25)10-29-19(27)13-8-11-5-3-4-6-12(11)9-14(13)24/h3-6,8-9,24H,2,7,10,21H2,1H3,(H,22,26,28). The summed E-state index contributed by atoms with van der Waals surface area (Å²) in [5.74, 6) is -2.37. The van der Waals surface area contributed by atoms with E-state index >= 15 is 0 Å². The second-order valence-corrected chi connectivity index (χ2v) is 6.39. The smallest absolute Gasteiger partial charge is 0.342 e. The van der Waals surface area contributed by atoms with Crippen LogP contribution in [-0.4, -0.2) is 33.0 Å². The number of aromatic amines is 1. The van der Waals surface area contributed by atoms with Gasteiger partial charge in [0.05, 0.1) is 0 Å². The minimum atomic E-state index is -0.950. The van der Waals surface area contributed by atoms with Crippen LogP contribution in [0.2, 0.25) is 0 Å². The molecule has 150 valence electrons. The summed E-state index contributed by atoms with van der Waals surface area (Å²) in [6.07, 6.45) is 0.556. The van der Waals surface area contributed by atoms with Crippen LogP contribution < -0.4 is 17.0 Å². The van der Waals surface area contributed by atoms with E-state index in [2.05, 4.69) is 0 Å². The molecular formula is C20H19N3O6. The van der Waals surface area contributed by atoms with E-state index in [0.29, 0.717) is 11.8 Å². The number of phenolic OH excluding ortho intramolecular Hbond substituents is 1. The van der Waals surface area contributed by atoms with Crippen LogP contribution in [0.1, 0.15) is 34.1 Å². The summed E-state index contributed by atoms with van der Waals surface area (Å²) in [5.41, 5.74) is 3.58. The summed E-state index contributed by atoms with van der Waals surface area (Å²) in [6.45, 7) is 1.24. The fourth-order valence-corrected chi connectivity index (χ4v) is 2.98. The number of aromatic hydroxyl groups is 1. The van der Waals surface area contributed by atoms with Crippen molar-refractivity contribution in [3.63, 3.8) is 0 Å². The highest BCUT2D eigenvalue weighted by atomic mass is 16.5. The lowest BCUT2D eigenvalue weighted by molar-refractivity contribution is 0.0471. The number of carbonyl (C=O) groups is 2. The molecule has 0 saturated heterocycles. The number of hydrogen-bond donors (Lipinski definition) is 3. The van der Waals surface area contributed by atoms with Crippen LogP contribution >= 0.6 is 0 Å². The van der Waals surface area contributed by atoms with Gasteiger partial charge >= 0.3 is 11.7 Å². The maximum atomic E-state index is 12.4. The lowest BCUT2D eigenvalue weighted by Crippen LogP contribution is -2.37. The molecule has 0 fully saturated rings. The van der Waals surface area contributed by atoms with Crippen LogP contribution in [0.25, 0.3) is 10.8 Å². The van der Waals surface area contributed by atoms with E-state index in [1.807, 2.05) is 4.98 Å². The van der Waals surface area contributed by atoms with Crippen LogP contribution in [0, 0.1) is 0 Å². The maximum absolute atomic E-state index is 12.4. The van der Waals surface area contributed by atoms with Crippen LogP contribution in [-0.2, 0) is 11.3 Å². The van der Waals surface area contributed by atoms with Gasteiger partial charge in [-0.25, -0.2) is 9.59 Å². The van der Waals surface area contributed by atoms with E-state index in [1.54, 1.807) is 31.2 Å². The molecule has 9 heteroatoms. The summed E-state index contributed by atoms with van der Waals surface area (Å²) in [5, 5.41) is 11.5. The molecule has 0 aliphatic rings. The maximum Gasteiger partial charge on any atom is 0.342 e. The molecule has 29 heavy (non-hydrogen) atoms. The Hall–Kier alpha value is -3.88. The SMILES string of the molecule is CCCn1c(N)c(C(=O)COC(=O)c2cc3ccccc3cc2O)c(=O)[nH]c1=O. The first kappa shape index (κ1) is 19.9. The van der Waals surface area contributed by atoms with Gasteiger partial charge in [0.25, 0.3) is 5.56 Å². The van der Waals surface area contributed by atoms with Gasteiger partial charge < -0.3 is 15.6 Å². The normalized spacial score (nSPS) is 10.8. The first-order valence-electron chi connectivity index (χ1n) is 8.88. The zero-order chi connectivity index (χ0) is 21.1. The molecule has 0 amide bonds. The van der Waals surface area contributed by atoms with E-state index < -0.39 is 35.2 Å². The quantitative estimate of drug-likeness (QED) is 0.421. The molecule has 1 heterocycles. The Morgan fingerprint density at radius 2 is 1.83 bits per heavy atom. The average Bonchev–Trinajstić information content (AvgIpc) is 2.68. The fraction of sp³-hybridized carbons (Fsp3) is 0.200. The molecule has 4 N–H and O–H groups in total. The highest BCUT2D eigenvalue weighted by Crippen LogP contribution is 2.25. The van der Waals surface area contributed by atoms with Gasteiger partial charge in [-0.1, -0.05) is 31.2 Å². The number of Topliss-reactive ketones (excluding diaryl/α,β-unsaturated/α-hetero) is 1. The molecule has 0 unspecified atom stereocenters. The number of benzene rings is 2. The number of H-pyrrole nitrogens is 1. The van der Waals surface area contributed by atoms with Crippen molar-refractivity contribution in [2.24, 2.45) is 0 Å². The third kappa shape index (κ3) is 3.88. The van der Waals surface area contributed by atoms with Gasteiger partial charge in [0.15, 0.2) is 6.61 Å².